The molecule has 2 aromatic heterocycles. The van der Waals surface area contributed by atoms with Gasteiger partial charge in [0.05, 0.1) is 12.3 Å². The predicted molar refractivity (Wildman–Crippen MR) is 91.3 cm³/mol. The topological polar surface area (TPSA) is 35.0 Å². The zero-order valence-corrected chi connectivity index (χ0v) is 14.6. The lowest BCUT2D eigenvalue weighted by Gasteiger charge is -2.17. The number of hydrogen-bond acceptors (Lipinski definition) is 3. The minimum absolute atomic E-state index is 0.162. The smallest absolute Gasteiger partial charge is 0.284 e. The summed E-state index contributed by atoms with van der Waals surface area (Å²) in [6.07, 6.45) is -0.0404. The van der Waals surface area contributed by atoms with Gasteiger partial charge in [0, 0.05) is 17.5 Å². The average Bonchev–Trinajstić information content (AvgIpc) is 2.52. The number of ether oxygens (including phenoxy) is 1. The van der Waals surface area contributed by atoms with Crippen molar-refractivity contribution in [3.05, 3.63) is 41.9 Å². The summed E-state index contributed by atoms with van der Waals surface area (Å²) in [4.78, 5) is 8.23. The van der Waals surface area contributed by atoms with Gasteiger partial charge in [0.15, 0.2) is 0 Å². The molecular formula is C19H24F2N2O. The van der Waals surface area contributed by atoms with Crippen molar-refractivity contribution < 1.29 is 13.5 Å². The van der Waals surface area contributed by atoms with Gasteiger partial charge < -0.3 is 4.74 Å². The highest BCUT2D eigenvalue weighted by molar-refractivity contribution is 5.60. The normalized spacial score (nSPS) is 12.7. The quantitative estimate of drug-likeness (QED) is 0.675. The fraction of sp³-hybridized carbons (Fsp3) is 0.474. The first-order chi connectivity index (χ1) is 11.4. The van der Waals surface area contributed by atoms with Crippen LogP contribution in [-0.2, 0) is 0 Å². The highest BCUT2D eigenvalue weighted by Crippen LogP contribution is 2.31. The molecule has 0 radical (unpaired) electrons. The van der Waals surface area contributed by atoms with Crippen molar-refractivity contribution in [1.82, 2.24) is 9.97 Å². The molecule has 3 nitrogen and oxygen atoms in total. The molecule has 0 aliphatic heterocycles. The van der Waals surface area contributed by atoms with E-state index in [4.69, 9.17) is 4.74 Å². The van der Waals surface area contributed by atoms with Crippen LogP contribution in [0.3, 0.4) is 0 Å². The Morgan fingerprint density at radius 3 is 2.50 bits per heavy atom. The molecule has 0 spiro atoms. The van der Waals surface area contributed by atoms with Crippen LogP contribution in [0.5, 0.6) is 5.75 Å². The largest absolute Gasteiger partial charge is 0.491 e. The molecule has 0 bridgehead atoms. The van der Waals surface area contributed by atoms with Crippen LogP contribution in [0.1, 0.15) is 45.0 Å². The van der Waals surface area contributed by atoms with Gasteiger partial charge in [-0.05, 0) is 49.4 Å². The van der Waals surface area contributed by atoms with Crippen molar-refractivity contribution in [2.75, 3.05) is 6.61 Å². The van der Waals surface area contributed by atoms with Gasteiger partial charge in [-0.15, -0.1) is 0 Å². The molecule has 0 aromatic carbocycles. The standard InChI is InChI=1S/C19H24F2N2O/c1-12(2)9-13(3)11-24-17-6-5-16(23-18(17)19(20)21)15-7-8-22-14(4)10-15/h5-8,10,12-13,19H,9,11H2,1-4H3. The van der Waals surface area contributed by atoms with Crippen LogP contribution in [0.25, 0.3) is 11.3 Å². The number of alkyl halides is 2. The fourth-order valence-corrected chi connectivity index (χ4v) is 2.71. The summed E-state index contributed by atoms with van der Waals surface area (Å²) < 4.78 is 32.4. The Balaban J connectivity index is 2.21. The van der Waals surface area contributed by atoms with Crippen LogP contribution >= 0.6 is 0 Å². The summed E-state index contributed by atoms with van der Waals surface area (Å²) >= 11 is 0. The molecule has 2 aromatic rings. The predicted octanol–water partition coefficient (Wildman–Crippen LogP) is 5.45. The summed E-state index contributed by atoms with van der Waals surface area (Å²) in [5.41, 5.74) is 1.77. The maximum absolute atomic E-state index is 13.4. The van der Waals surface area contributed by atoms with Gasteiger partial charge in [-0.2, -0.15) is 0 Å². The van der Waals surface area contributed by atoms with Gasteiger partial charge >= 0.3 is 0 Å². The van der Waals surface area contributed by atoms with E-state index in [-0.39, 0.29) is 11.4 Å². The van der Waals surface area contributed by atoms with Gasteiger partial charge in [0.2, 0.25) is 0 Å². The molecule has 1 atom stereocenters. The van der Waals surface area contributed by atoms with Crippen LogP contribution in [0.2, 0.25) is 0 Å². The lowest BCUT2D eigenvalue weighted by Crippen LogP contribution is -2.12. The molecule has 0 N–H and O–H groups in total. The van der Waals surface area contributed by atoms with E-state index in [9.17, 15) is 8.78 Å². The van der Waals surface area contributed by atoms with E-state index in [0.29, 0.717) is 24.1 Å². The van der Waals surface area contributed by atoms with Crippen LogP contribution in [0, 0.1) is 18.8 Å². The maximum Gasteiger partial charge on any atom is 0.284 e. The first kappa shape index (κ1) is 18.3. The molecule has 0 aliphatic carbocycles. The second-order valence-corrected chi connectivity index (χ2v) is 6.61. The molecular weight excluding hydrogens is 310 g/mol. The minimum Gasteiger partial charge on any atom is -0.491 e. The van der Waals surface area contributed by atoms with Crippen molar-refractivity contribution in [2.24, 2.45) is 11.8 Å². The van der Waals surface area contributed by atoms with Crippen molar-refractivity contribution in [3.63, 3.8) is 0 Å². The second-order valence-electron chi connectivity index (χ2n) is 6.61. The molecule has 0 saturated carbocycles. The molecule has 0 fully saturated rings. The number of rotatable bonds is 7. The number of pyridine rings is 2. The maximum atomic E-state index is 13.4. The summed E-state index contributed by atoms with van der Waals surface area (Å²) in [7, 11) is 0. The molecule has 24 heavy (non-hydrogen) atoms. The first-order valence-electron chi connectivity index (χ1n) is 8.21. The minimum atomic E-state index is -2.68. The average molecular weight is 334 g/mol. The van der Waals surface area contributed by atoms with Crippen molar-refractivity contribution in [2.45, 2.75) is 40.5 Å². The van der Waals surface area contributed by atoms with Crippen molar-refractivity contribution >= 4 is 0 Å². The zero-order valence-electron chi connectivity index (χ0n) is 14.6. The van der Waals surface area contributed by atoms with E-state index >= 15 is 0 Å². The molecule has 2 rings (SSSR count). The number of nitrogens with zero attached hydrogens (tertiary/aromatic N) is 2. The molecule has 2 heterocycles. The zero-order chi connectivity index (χ0) is 17.7. The lowest BCUT2D eigenvalue weighted by atomic mass is 10.00. The molecule has 5 heteroatoms. The van der Waals surface area contributed by atoms with E-state index in [0.717, 1.165) is 17.7 Å². The Morgan fingerprint density at radius 2 is 1.88 bits per heavy atom. The second kappa shape index (κ2) is 8.18. The molecule has 1 unspecified atom stereocenters. The third-order valence-electron chi connectivity index (χ3n) is 3.68. The summed E-state index contributed by atoms with van der Waals surface area (Å²) in [6.45, 7) is 8.59. The van der Waals surface area contributed by atoms with Crippen LogP contribution < -0.4 is 4.74 Å². The third kappa shape index (κ3) is 4.98. The SMILES string of the molecule is Cc1cc(-c2ccc(OCC(C)CC(C)C)c(C(F)F)n2)ccn1. The van der Waals surface area contributed by atoms with Crippen molar-refractivity contribution in [1.29, 1.82) is 0 Å². The molecule has 0 saturated heterocycles. The third-order valence-corrected chi connectivity index (χ3v) is 3.68. The molecule has 0 amide bonds. The van der Waals surface area contributed by atoms with E-state index in [1.807, 2.05) is 13.0 Å². The Hall–Kier alpha value is -2.04. The Morgan fingerprint density at radius 1 is 1.12 bits per heavy atom. The lowest BCUT2D eigenvalue weighted by molar-refractivity contribution is 0.137. The number of aryl methyl sites for hydroxylation is 1. The Kier molecular flexibility index (Phi) is 6.23. The number of aromatic nitrogens is 2. The molecule has 130 valence electrons. The van der Waals surface area contributed by atoms with Gasteiger partial charge in [0.1, 0.15) is 11.4 Å². The van der Waals surface area contributed by atoms with Crippen molar-refractivity contribution in [3.8, 4) is 17.0 Å². The fourth-order valence-electron chi connectivity index (χ4n) is 2.71. The first-order valence-corrected chi connectivity index (χ1v) is 8.21. The van der Waals surface area contributed by atoms with Crippen LogP contribution in [0.15, 0.2) is 30.5 Å². The monoisotopic (exact) mass is 334 g/mol. The molecule has 0 aliphatic rings. The van der Waals surface area contributed by atoms with Gasteiger partial charge in [-0.3, -0.25) is 4.98 Å². The van der Waals surface area contributed by atoms with Gasteiger partial charge in [0.25, 0.3) is 6.43 Å². The van der Waals surface area contributed by atoms with E-state index in [1.54, 1.807) is 24.4 Å². The van der Waals surface area contributed by atoms with E-state index in [2.05, 4.69) is 30.7 Å². The Bertz CT molecular complexity index is 674. The van der Waals surface area contributed by atoms with Crippen LogP contribution in [-0.4, -0.2) is 16.6 Å². The highest BCUT2D eigenvalue weighted by atomic mass is 19.3. The van der Waals surface area contributed by atoms with E-state index in [1.165, 1.54) is 0 Å². The summed E-state index contributed by atoms with van der Waals surface area (Å²) in [5, 5.41) is 0. The summed E-state index contributed by atoms with van der Waals surface area (Å²) in [6, 6.07) is 6.88. The number of halogens is 2. The van der Waals surface area contributed by atoms with Gasteiger partial charge in [-0.25, -0.2) is 13.8 Å². The summed E-state index contributed by atoms with van der Waals surface area (Å²) in [5.74, 6) is 1.02. The highest BCUT2D eigenvalue weighted by Gasteiger charge is 2.18. The van der Waals surface area contributed by atoms with Gasteiger partial charge in [-0.1, -0.05) is 20.8 Å². The van der Waals surface area contributed by atoms with Crippen LogP contribution in [0.4, 0.5) is 8.78 Å². The number of hydrogen-bond donors (Lipinski definition) is 0. The Labute approximate surface area is 142 Å². The van der Waals surface area contributed by atoms with E-state index < -0.39 is 6.43 Å².